The zero-order valence-corrected chi connectivity index (χ0v) is 15.1. The molecule has 1 amide bonds. The molecule has 1 saturated heterocycles. The lowest BCUT2D eigenvalue weighted by Gasteiger charge is -2.17. The van der Waals surface area contributed by atoms with Crippen LogP contribution in [-0.2, 0) is 16.1 Å². The Balaban J connectivity index is 1.69. The third-order valence-electron chi connectivity index (χ3n) is 4.79. The summed E-state index contributed by atoms with van der Waals surface area (Å²) in [6.07, 6.45) is 0.507. The molecule has 1 fully saturated rings. The maximum Gasteiger partial charge on any atom is 0.308 e. The molecule has 3 heterocycles. The molecule has 0 spiro atoms. The summed E-state index contributed by atoms with van der Waals surface area (Å²) in [4.78, 5) is 35.5. The summed E-state index contributed by atoms with van der Waals surface area (Å²) in [5, 5.41) is 9.15. The summed E-state index contributed by atoms with van der Waals surface area (Å²) in [6.45, 7) is 2.82. The van der Waals surface area contributed by atoms with Crippen molar-refractivity contribution in [2.24, 2.45) is 5.92 Å². The number of aryl methyl sites for hydroxylation is 1. The quantitative estimate of drug-likeness (QED) is 0.762. The molecular weight excluding hydrogens is 352 g/mol. The van der Waals surface area contributed by atoms with Crippen LogP contribution in [0.25, 0.3) is 21.7 Å². The van der Waals surface area contributed by atoms with E-state index in [4.69, 9.17) is 10.1 Å². The molecule has 7 nitrogen and oxygen atoms in total. The predicted molar refractivity (Wildman–Crippen MR) is 97.9 cm³/mol. The Hall–Kier alpha value is -2.74. The maximum absolute atomic E-state index is 12.8. The van der Waals surface area contributed by atoms with Gasteiger partial charge in [-0.05, 0) is 25.5 Å². The largest absolute Gasteiger partial charge is 0.481 e. The van der Waals surface area contributed by atoms with Crippen LogP contribution < -0.4 is 0 Å². The number of imidazole rings is 1. The van der Waals surface area contributed by atoms with E-state index in [2.05, 4.69) is 4.98 Å². The zero-order valence-electron chi connectivity index (χ0n) is 14.3. The van der Waals surface area contributed by atoms with E-state index in [0.29, 0.717) is 13.0 Å². The Kier molecular flexibility index (Phi) is 4.20. The average Bonchev–Trinajstić information content (AvgIpc) is 3.33. The lowest BCUT2D eigenvalue weighted by molar-refractivity contribution is -0.141. The molecule has 1 atom stereocenters. The van der Waals surface area contributed by atoms with Crippen LogP contribution in [0.4, 0.5) is 0 Å². The molecule has 0 bridgehead atoms. The fraction of sp³-hybridized carbons (Fsp3) is 0.333. The molecule has 2 aromatic heterocycles. The van der Waals surface area contributed by atoms with Crippen molar-refractivity contribution in [3.63, 3.8) is 0 Å². The minimum Gasteiger partial charge on any atom is -0.481 e. The predicted octanol–water partition coefficient (Wildman–Crippen LogP) is 2.40. The molecule has 0 unspecified atom stereocenters. The average molecular weight is 370 g/mol. The minimum absolute atomic E-state index is 0.0830. The Bertz CT molecular complexity index is 993. The first kappa shape index (κ1) is 16.7. The van der Waals surface area contributed by atoms with Crippen LogP contribution in [0, 0.1) is 12.8 Å². The number of carbonyl (C=O) groups excluding carboxylic acids is 1. The SMILES string of the molecule is Cc1ncsc1-c1nc2ccccc2n1CC(=O)N1CC[C@@H](C(=O)O)C1. The van der Waals surface area contributed by atoms with Crippen molar-refractivity contribution in [3.05, 3.63) is 35.5 Å². The number of para-hydroxylation sites is 2. The third kappa shape index (κ3) is 2.86. The topological polar surface area (TPSA) is 88.3 Å². The summed E-state index contributed by atoms with van der Waals surface area (Å²) in [5.41, 5.74) is 4.37. The summed E-state index contributed by atoms with van der Waals surface area (Å²) < 4.78 is 1.91. The first-order valence-corrected chi connectivity index (χ1v) is 9.29. The number of rotatable bonds is 4. The molecule has 26 heavy (non-hydrogen) atoms. The van der Waals surface area contributed by atoms with E-state index in [1.807, 2.05) is 35.8 Å². The van der Waals surface area contributed by atoms with Gasteiger partial charge in [-0.25, -0.2) is 9.97 Å². The Morgan fingerprint density at radius 1 is 1.35 bits per heavy atom. The molecular formula is C18H18N4O3S. The Labute approximate surface area is 153 Å². The number of nitrogens with zero attached hydrogens (tertiary/aromatic N) is 4. The number of hydrogen-bond acceptors (Lipinski definition) is 5. The van der Waals surface area contributed by atoms with Crippen LogP contribution in [0.15, 0.2) is 29.8 Å². The number of hydrogen-bond donors (Lipinski definition) is 1. The number of carboxylic acids is 1. The number of likely N-dealkylation sites (tertiary alicyclic amines) is 1. The summed E-state index contributed by atoms with van der Waals surface area (Å²) >= 11 is 1.50. The summed E-state index contributed by atoms with van der Waals surface area (Å²) in [5.74, 6) is -0.662. The number of carbonyl (C=O) groups is 2. The van der Waals surface area contributed by atoms with Crippen molar-refractivity contribution in [2.75, 3.05) is 13.1 Å². The number of amides is 1. The second kappa shape index (κ2) is 6.53. The van der Waals surface area contributed by atoms with Gasteiger partial charge in [0.25, 0.3) is 0 Å². The van der Waals surface area contributed by atoms with Crippen molar-refractivity contribution < 1.29 is 14.7 Å². The van der Waals surface area contributed by atoms with Crippen molar-refractivity contribution in [3.8, 4) is 10.7 Å². The van der Waals surface area contributed by atoms with Crippen LogP contribution in [-0.4, -0.2) is 49.5 Å². The first-order chi connectivity index (χ1) is 12.5. The molecule has 4 rings (SSSR count). The van der Waals surface area contributed by atoms with Gasteiger partial charge in [-0.1, -0.05) is 12.1 Å². The normalized spacial score (nSPS) is 17.1. The smallest absolute Gasteiger partial charge is 0.308 e. The number of aliphatic carboxylic acids is 1. The van der Waals surface area contributed by atoms with Gasteiger partial charge in [0, 0.05) is 13.1 Å². The fourth-order valence-electron chi connectivity index (χ4n) is 3.35. The van der Waals surface area contributed by atoms with Gasteiger partial charge in [-0.2, -0.15) is 0 Å². The van der Waals surface area contributed by atoms with Gasteiger partial charge in [0.2, 0.25) is 5.91 Å². The van der Waals surface area contributed by atoms with Gasteiger partial charge in [0.15, 0.2) is 5.82 Å². The molecule has 8 heteroatoms. The van der Waals surface area contributed by atoms with Crippen molar-refractivity contribution in [1.82, 2.24) is 19.4 Å². The lowest BCUT2D eigenvalue weighted by atomic mass is 10.1. The van der Waals surface area contributed by atoms with Gasteiger partial charge >= 0.3 is 5.97 Å². The number of fused-ring (bicyclic) bond motifs is 1. The van der Waals surface area contributed by atoms with E-state index in [1.165, 1.54) is 11.3 Å². The Morgan fingerprint density at radius 2 is 2.15 bits per heavy atom. The highest BCUT2D eigenvalue weighted by Crippen LogP contribution is 2.30. The van der Waals surface area contributed by atoms with Crippen LogP contribution >= 0.6 is 11.3 Å². The monoisotopic (exact) mass is 370 g/mol. The standard InChI is InChI=1S/C18H18N4O3S/c1-11-16(26-10-19-11)17-20-13-4-2-3-5-14(13)22(17)9-15(23)21-7-6-12(8-21)18(24)25/h2-5,10,12H,6-9H2,1H3,(H,24,25)/t12-/m1/s1. The van der Waals surface area contributed by atoms with E-state index < -0.39 is 11.9 Å². The Morgan fingerprint density at radius 3 is 2.85 bits per heavy atom. The van der Waals surface area contributed by atoms with E-state index in [9.17, 15) is 9.59 Å². The number of aromatic nitrogens is 3. The highest BCUT2D eigenvalue weighted by Gasteiger charge is 2.31. The first-order valence-electron chi connectivity index (χ1n) is 8.41. The van der Waals surface area contributed by atoms with E-state index in [0.717, 1.165) is 27.4 Å². The third-order valence-corrected chi connectivity index (χ3v) is 5.71. The van der Waals surface area contributed by atoms with Crippen LogP contribution in [0.1, 0.15) is 12.1 Å². The van der Waals surface area contributed by atoms with Crippen molar-refractivity contribution in [2.45, 2.75) is 19.9 Å². The minimum atomic E-state index is -0.839. The van der Waals surface area contributed by atoms with Crippen molar-refractivity contribution >= 4 is 34.2 Å². The molecule has 0 saturated carbocycles. The summed E-state index contributed by atoms with van der Waals surface area (Å²) in [7, 11) is 0. The molecule has 3 aromatic rings. The molecule has 1 aliphatic heterocycles. The van der Waals surface area contributed by atoms with Crippen molar-refractivity contribution in [1.29, 1.82) is 0 Å². The van der Waals surface area contributed by atoms with Crippen LogP contribution in [0.3, 0.4) is 0 Å². The molecule has 1 aromatic carbocycles. The van der Waals surface area contributed by atoms with E-state index in [1.54, 1.807) is 10.4 Å². The number of benzene rings is 1. The van der Waals surface area contributed by atoms with Gasteiger partial charge in [0.1, 0.15) is 6.54 Å². The fourth-order valence-corrected chi connectivity index (χ4v) is 4.15. The number of carboxylic acid groups (broad SMARTS) is 1. The summed E-state index contributed by atoms with van der Waals surface area (Å²) in [6, 6.07) is 7.71. The molecule has 0 aliphatic carbocycles. The molecule has 1 N–H and O–H groups in total. The van der Waals surface area contributed by atoms with Gasteiger partial charge in [0.05, 0.1) is 33.0 Å². The molecule has 1 aliphatic rings. The second-order valence-corrected chi connectivity index (χ2v) is 7.30. The second-order valence-electron chi connectivity index (χ2n) is 6.44. The molecule has 134 valence electrons. The van der Waals surface area contributed by atoms with Crippen LogP contribution in [0.5, 0.6) is 0 Å². The number of thiazole rings is 1. The zero-order chi connectivity index (χ0) is 18.3. The van der Waals surface area contributed by atoms with E-state index in [-0.39, 0.29) is 19.0 Å². The van der Waals surface area contributed by atoms with E-state index >= 15 is 0 Å². The van der Waals surface area contributed by atoms with Gasteiger partial charge in [-0.3, -0.25) is 9.59 Å². The lowest BCUT2D eigenvalue weighted by Crippen LogP contribution is -2.33. The highest BCUT2D eigenvalue weighted by atomic mass is 32.1. The highest BCUT2D eigenvalue weighted by molar-refractivity contribution is 7.13. The van der Waals surface area contributed by atoms with Gasteiger partial charge < -0.3 is 14.6 Å². The van der Waals surface area contributed by atoms with Gasteiger partial charge in [-0.15, -0.1) is 11.3 Å². The maximum atomic E-state index is 12.8. The van der Waals surface area contributed by atoms with Crippen LogP contribution in [0.2, 0.25) is 0 Å². The molecule has 0 radical (unpaired) electrons.